The molecule has 0 fully saturated rings. The first-order chi connectivity index (χ1) is 17.5. The van der Waals surface area contributed by atoms with Crippen molar-refractivity contribution in [3.8, 4) is 11.5 Å². The van der Waals surface area contributed by atoms with E-state index in [1.54, 1.807) is 0 Å². The summed E-state index contributed by atoms with van der Waals surface area (Å²) in [4.78, 5) is 29.4. The number of anilines is 1. The summed E-state index contributed by atoms with van der Waals surface area (Å²) in [6.45, 7) is 7.54. The molecule has 36 heavy (non-hydrogen) atoms. The van der Waals surface area contributed by atoms with E-state index in [-0.39, 0.29) is 11.8 Å². The van der Waals surface area contributed by atoms with Crippen molar-refractivity contribution < 1.29 is 19.1 Å². The first-order valence-corrected chi connectivity index (χ1v) is 12.8. The second kappa shape index (κ2) is 10.1. The molecule has 3 aromatic carbocycles. The first-order valence-electron chi connectivity index (χ1n) is 12.8. The van der Waals surface area contributed by atoms with Gasteiger partial charge < -0.3 is 19.7 Å². The van der Waals surface area contributed by atoms with Crippen molar-refractivity contribution in [2.45, 2.75) is 45.6 Å². The van der Waals surface area contributed by atoms with Crippen LogP contribution >= 0.6 is 0 Å². The van der Waals surface area contributed by atoms with E-state index in [1.165, 1.54) is 5.56 Å². The maximum Gasteiger partial charge on any atom is 0.254 e. The minimum absolute atomic E-state index is 0.0376. The van der Waals surface area contributed by atoms with Gasteiger partial charge in [0, 0.05) is 17.8 Å². The monoisotopic (exact) mass is 484 g/mol. The minimum atomic E-state index is -0.559. The van der Waals surface area contributed by atoms with Crippen molar-refractivity contribution in [3.63, 3.8) is 0 Å². The van der Waals surface area contributed by atoms with E-state index in [1.807, 2.05) is 79.4 Å². The predicted octanol–water partition coefficient (Wildman–Crippen LogP) is 5.52. The quantitative estimate of drug-likeness (QED) is 0.479. The number of benzene rings is 3. The number of carbonyl (C=O) groups excluding carboxylic acids is 2. The van der Waals surface area contributed by atoms with Crippen LogP contribution in [0.15, 0.2) is 60.7 Å². The average molecular weight is 485 g/mol. The molecule has 0 saturated heterocycles. The fourth-order valence-corrected chi connectivity index (χ4v) is 5.40. The molecule has 2 atom stereocenters. The molecule has 2 aliphatic rings. The smallest absolute Gasteiger partial charge is 0.254 e. The number of rotatable bonds is 7. The Kier molecular flexibility index (Phi) is 6.68. The second-order valence-electron chi connectivity index (χ2n) is 9.16. The lowest BCUT2D eigenvalue weighted by Crippen LogP contribution is -2.49. The summed E-state index contributed by atoms with van der Waals surface area (Å²) in [5, 5.41) is 3.12. The second-order valence-corrected chi connectivity index (χ2v) is 9.16. The van der Waals surface area contributed by atoms with Crippen LogP contribution in [0, 0.1) is 0 Å². The predicted molar refractivity (Wildman–Crippen MR) is 140 cm³/mol. The van der Waals surface area contributed by atoms with Gasteiger partial charge >= 0.3 is 0 Å². The summed E-state index contributed by atoms with van der Waals surface area (Å²) in [6.07, 6.45) is 1.63. The zero-order valence-corrected chi connectivity index (χ0v) is 21.0. The Morgan fingerprint density at radius 2 is 1.64 bits per heavy atom. The number of nitrogens with zero attached hydrogens (tertiary/aromatic N) is 1. The Morgan fingerprint density at radius 1 is 0.944 bits per heavy atom. The molecule has 2 heterocycles. The Bertz CT molecular complexity index is 1280. The van der Waals surface area contributed by atoms with Gasteiger partial charge in [0.15, 0.2) is 11.5 Å². The number of aryl methyl sites for hydroxylation is 1. The average Bonchev–Trinajstić information content (AvgIpc) is 2.90. The van der Waals surface area contributed by atoms with Crippen molar-refractivity contribution >= 4 is 17.5 Å². The zero-order chi connectivity index (χ0) is 25.2. The van der Waals surface area contributed by atoms with E-state index >= 15 is 0 Å². The molecule has 0 bridgehead atoms. The Labute approximate surface area is 212 Å². The fourth-order valence-electron chi connectivity index (χ4n) is 5.40. The number of hydrogen-bond acceptors (Lipinski definition) is 4. The molecule has 0 saturated carbocycles. The third-order valence-electron chi connectivity index (χ3n) is 7.10. The summed E-state index contributed by atoms with van der Waals surface area (Å²) in [5.41, 5.74) is 5.33. The van der Waals surface area contributed by atoms with Gasteiger partial charge in [-0.2, -0.15) is 0 Å². The highest BCUT2D eigenvalue weighted by molar-refractivity contribution is 6.04. The van der Waals surface area contributed by atoms with Gasteiger partial charge in [0.2, 0.25) is 5.91 Å². The highest BCUT2D eigenvalue weighted by Gasteiger charge is 2.46. The maximum atomic E-state index is 13.9. The number of carbonyl (C=O) groups is 2. The highest BCUT2D eigenvalue weighted by atomic mass is 16.5. The Morgan fingerprint density at radius 3 is 2.33 bits per heavy atom. The lowest BCUT2D eigenvalue weighted by Gasteiger charge is -2.45. The number of hydrogen-bond donors (Lipinski definition) is 1. The molecule has 2 aliphatic heterocycles. The molecule has 0 aliphatic carbocycles. The van der Waals surface area contributed by atoms with Crippen LogP contribution in [0.5, 0.6) is 11.5 Å². The van der Waals surface area contributed by atoms with E-state index < -0.39 is 12.0 Å². The molecule has 2 amide bonds. The summed E-state index contributed by atoms with van der Waals surface area (Å²) < 4.78 is 11.8. The van der Waals surface area contributed by atoms with E-state index in [4.69, 9.17) is 9.47 Å². The van der Waals surface area contributed by atoms with Crippen LogP contribution in [0.2, 0.25) is 0 Å². The zero-order valence-electron chi connectivity index (χ0n) is 21.0. The third kappa shape index (κ3) is 4.21. The number of amides is 2. The highest BCUT2D eigenvalue weighted by Crippen LogP contribution is 2.48. The van der Waals surface area contributed by atoms with Gasteiger partial charge in [-0.05, 0) is 79.3 Å². The molecular weight excluding hydrogens is 452 g/mol. The van der Waals surface area contributed by atoms with Gasteiger partial charge in [-0.15, -0.1) is 0 Å². The van der Waals surface area contributed by atoms with E-state index in [9.17, 15) is 9.59 Å². The van der Waals surface area contributed by atoms with Crippen LogP contribution in [0.1, 0.15) is 65.3 Å². The molecule has 0 spiro atoms. The van der Waals surface area contributed by atoms with Gasteiger partial charge in [-0.1, -0.05) is 37.3 Å². The van der Waals surface area contributed by atoms with Crippen LogP contribution in [-0.4, -0.2) is 36.5 Å². The fraction of sp³-hybridized carbons (Fsp3) is 0.333. The van der Waals surface area contributed by atoms with Crippen LogP contribution < -0.4 is 14.8 Å². The van der Waals surface area contributed by atoms with Gasteiger partial charge in [0.1, 0.15) is 0 Å². The summed E-state index contributed by atoms with van der Waals surface area (Å²) in [6, 6.07) is 19.0. The number of nitrogens with one attached hydrogen (secondary N) is 1. The molecule has 0 radical (unpaired) electrons. The van der Waals surface area contributed by atoms with Crippen LogP contribution in [0.3, 0.4) is 0 Å². The molecule has 186 valence electrons. The maximum absolute atomic E-state index is 13.9. The first kappa shape index (κ1) is 23.9. The van der Waals surface area contributed by atoms with Gasteiger partial charge in [0.25, 0.3) is 5.91 Å². The topological polar surface area (TPSA) is 67.9 Å². The molecule has 1 N–H and O–H groups in total. The molecule has 6 nitrogen and oxygen atoms in total. The van der Waals surface area contributed by atoms with Crippen LogP contribution in [0.4, 0.5) is 5.69 Å². The molecule has 3 aromatic rings. The largest absolute Gasteiger partial charge is 0.490 e. The van der Waals surface area contributed by atoms with Gasteiger partial charge in [-0.3, -0.25) is 9.59 Å². The molecular formula is C30H32N2O4. The summed E-state index contributed by atoms with van der Waals surface area (Å²) in [7, 11) is 0. The summed E-state index contributed by atoms with van der Waals surface area (Å²) in [5.74, 6) is 0.612. The van der Waals surface area contributed by atoms with Crippen molar-refractivity contribution in [2.75, 3.05) is 25.1 Å². The van der Waals surface area contributed by atoms with Crippen molar-refractivity contribution in [2.24, 2.45) is 0 Å². The number of ether oxygens (including phenoxy) is 2. The molecule has 0 aromatic heterocycles. The lowest BCUT2D eigenvalue weighted by atomic mass is 9.75. The van der Waals surface area contributed by atoms with Crippen molar-refractivity contribution in [3.05, 3.63) is 88.5 Å². The van der Waals surface area contributed by atoms with Crippen LogP contribution in [0.25, 0.3) is 0 Å². The van der Waals surface area contributed by atoms with E-state index in [0.29, 0.717) is 43.2 Å². The molecule has 0 unspecified atom stereocenters. The normalized spacial score (nSPS) is 18.1. The van der Waals surface area contributed by atoms with Crippen molar-refractivity contribution in [1.82, 2.24) is 4.90 Å². The van der Waals surface area contributed by atoms with Gasteiger partial charge in [-0.25, -0.2) is 0 Å². The standard InChI is InChI=1S/C30H32N2O4/c1-4-19-11-13-21(14-12-19)31-29(33)27-22-9-7-8-10-23(22)30(34)32-16-15-20-17-25(35-5-2)26(36-6-3)18-24(20)28(27)32/h7-14,17-18,27-28H,4-6,15-16H2,1-3H3,(H,31,33)/t27-,28+/m1/s1. The SMILES string of the molecule is CCOc1cc2c(cc1OCC)[C@H]1[C@H](C(=O)Nc3ccc(CC)cc3)c3ccccc3C(=O)N1CC2. The summed E-state index contributed by atoms with van der Waals surface area (Å²) >= 11 is 0. The Balaban J connectivity index is 1.61. The third-order valence-corrected chi connectivity index (χ3v) is 7.10. The van der Waals surface area contributed by atoms with E-state index in [0.717, 1.165) is 28.8 Å². The number of fused-ring (bicyclic) bond motifs is 4. The Hall–Kier alpha value is -3.80. The van der Waals surface area contributed by atoms with Gasteiger partial charge in [0.05, 0.1) is 25.2 Å². The molecule has 6 heteroatoms. The molecule has 5 rings (SSSR count). The van der Waals surface area contributed by atoms with Crippen molar-refractivity contribution in [1.29, 1.82) is 0 Å². The lowest BCUT2D eigenvalue weighted by molar-refractivity contribution is -0.119. The van der Waals surface area contributed by atoms with Crippen LogP contribution in [-0.2, 0) is 17.6 Å². The minimum Gasteiger partial charge on any atom is -0.490 e. The van der Waals surface area contributed by atoms with E-state index in [2.05, 4.69) is 12.2 Å².